The second-order valence-electron chi connectivity index (χ2n) is 3.56. The number of nitrogens with zero attached hydrogens (tertiary/aromatic N) is 1. The molecule has 15 heavy (non-hydrogen) atoms. The van der Waals surface area contributed by atoms with Crippen molar-refractivity contribution in [2.75, 3.05) is 20.1 Å². The monoisotopic (exact) mass is 231 g/mol. The quantitative estimate of drug-likeness (QED) is 0.544. The number of amides is 2. The van der Waals surface area contributed by atoms with Gasteiger partial charge in [0, 0.05) is 20.1 Å². The third kappa shape index (κ3) is 2.63. The number of hydrogen-bond acceptors (Lipinski definition) is 4. The van der Waals surface area contributed by atoms with Crippen LogP contribution in [0.5, 0.6) is 0 Å². The molecule has 2 unspecified atom stereocenters. The Kier molecular flexibility index (Phi) is 4.41. The third-order valence-electron chi connectivity index (χ3n) is 2.59. The summed E-state index contributed by atoms with van der Waals surface area (Å²) in [6.07, 6.45) is 1.57. The molecule has 0 saturated carbocycles. The van der Waals surface area contributed by atoms with E-state index in [1.54, 1.807) is 11.9 Å². The lowest BCUT2D eigenvalue weighted by molar-refractivity contribution is -0.137. The van der Waals surface area contributed by atoms with Crippen LogP contribution in [0, 0.1) is 0 Å². The average Bonchev–Trinajstić information content (AvgIpc) is 2.74. The van der Waals surface area contributed by atoms with Crippen molar-refractivity contribution in [3.8, 4) is 0 Å². The van der Waals surface area contributed by atoms with Gasteiger partial charge in [-0.3, -0.25) is 9.59 Å². The predicted molar refractivity (Wildman–Crippen MR) is 60.6 cm³/mol. The first kappa shape index (κ1) is 12.3. The van der Waals surface area contributed by atoms with Gasteiger partial charge in [-0.15, -0.1) is 0 Å². The van der Waals surface area contributed by atoms with Crippen LogP contribution in [-0.2, 0) is 9.59 Å². The Morgan fingerprint density at radius 2 is 2.33 bits per heavy atom. The van der Waals surface area contributed by atoms with Crippen LogP contribution in [0.4, 0.5) is 0 Å². The van der Waals surface area contributed by atoms with Gasteiger partial charge in [-0.25, -0.2) is 0 Å². The summed E-state index contributed by atoms with van der Waals surface area (Å²) in [7, 11) is 1.57. The van der Waals surface area contributed by atoms with Gasteiger partial charge in [0.1, 0.15) is 6.04 Å². The normalized spacial score (nSPS) is 22.6. The predicted octanol–water partition coefficient (Wildman–Crippen LogP) is -1.02. The third-order valence-corrected chi connectivity index (χ3v) is 3.02. The van der Waals surface area contributed by atoms with Crippen LogP contribution in [0.15, 0.2) is 0 Å². The number of carbonyl (C=O) groups is 2. The highest BCUT2D eigenvalue weighted by atomic mass is 32.1. The zero-order valence-corrected chi connectivity index (χ0v) is 9.67. The molecule has 1 aliphatic heterocycles. The fourth-order valence-electron chi connectivity index (χ4n) is 1.76. The molecule has 0 bridgehead atoms. The number of thiol groups is 1. The van der Waals surface area contributed by atoms with Gasteiger partial charge in [-0.05, 0) is 12.8 Å². The lowest BCUT2D eigenvalue weighted by Crippen LogP contribution is -2.48. The number of carbonyl (C=O) groups excluding carboxylic acids is 2. The van der Waals surface area contributed by atoms with E-state index in [2.05, 4.69) is 17.9 Å². The Hall–Kier alpha value is -0.750. The van der Waals surface area contributed by atoms with E-state index < -0.39 is 5.25 Å². The van der Waals surface area contributed by atoms with Crippen molar-refractivity contribution in [1.29, 1.82) is 0 Å². The summed E-state index contributed by atoms with van der Waals surface area (Å²) in [5.41, 5.74) is 5.37. The molecule has 0 aromatic rings. The van der Waals surface area contributed by atoms with Gasteiger partial charge in [0.25, 0.3) is 0 Å². The maximum atomic E-state index is 11.8. The molecule has 5 nitrogen and oxygen atoms in total. The molecule has 3 N–H and O–H groups in total. The average molecular weight is 231 g/mol. The van der Waals surface area contributed by atoms with Crippen molar-refractivity contribution in [2.24, 2.45) is 5.73 Å². The largest absolute Gasteiger partial charge is 0.357 e. The lowest BCUT2D eigenvalue weighted by Gasteiger charge is -2.25. The van der Waals surface area contributed by atoms with Crippen LogP contribution in [0.3, 0.4) is 0 Å². The van der Waals surface area contributed by atoms with Crippen LogP contribution < -0.4 is 11.1 Å². The summed E-state index contributed by atoms with van der Waals surface area (Å²) in [5.74, 6) is -0.259. The van der Waals surface area contributed by atoms with Crippen LogP contribution in [0.1, 0.15) is 12.8 Å². The summed E-state index contributed by atoms with van der Waals surface area (Å²) in [4.78, 5) is 24.8. The highest BCUT2D eigenvalue weighted by Gasteiger charge is 2.35. The second-order valence-corrected chi connectivity index (χ2v) is 4.18. The number of hydrogen-bond donors (Lipinski definition) is 3. The summed E-state index contributed by atoms with van der Waals surface area (Å²) >= 11 is 4.09. The Morgan fingerprint density at radius 1 is 1.67 bits per heavy atom. The van der Waals surface area contributed by atoms with E-state index in [0.29, 0.717) is 6.54 Å². The molecular weight excluding hydrogens is 214 g/mol. The first-order valence-corrected chi connectivity index (χ1v) is 5.53. The van der Waals surface area contributed by atoms with Crippen molar-refractivity contribution in [3.05, 3.63) is 0 Å². The van der Waals surface area contributed by atoms with Gasteiger partial charge < -0.3 is 16.0 Å². The molecule has 1 heterocycles. The highest BCUT2D eigenvalue weighted by Crippen LogP contribution is 2.19. The molecule has 6 heteroatoms. The van der Waals surface area contributed by atoms with Crippen molar-refractivity contribution in [2.45, 2.75) is 24.1 Å². The molecule has 1 aliphatic rings. The second kappa shape index (κ2) is 5.37. The number of rotatable bonds is 3. The topological polar surface area (TPSA) is 75.4 Å². The molecule has 2 amide bonds. The van der Waals surface area contributed by atoms with Gasteiger partial charge in [-0.2, -0.15) is 12.6 Å². The maximum absolute atomic E-state index is 11.8. The first-order chi connectivity index (χ1) is 7.11. The molecule has 0 radical (unpaired) electrons. The van der Waals surface area contributed by atoms with E-state index in [-0.39, 0.29) is 24.4 Å². The van der Waals surface area contributed by atoms with E-state index in [4.69, 9.17) is 5.73 Å². The summed E-state index contributed by atoms with van der Waals surface area (Å²) in [5, 5.41) is 2.06. The van der Waals surface area contributed by atoms with Crippen LogP contribution in [0.2, 0.25) is 0 Å². The molecule has 86 valence electrons. The number of likely N-dealkylation sites (N-methyl/N-ethyl adjacent to an activating group) is 1. The number of nitrogens with two attached hydrogens (primary N) is 1. The van der Waals surface area contributed by atoms with Crippen molar-refractivity contribution >= 4 is 24.4 Å². The summed E-state index contributed by atoms with van der Waals surface area (Å²) in [6.45, 7) is 0.812. The number of likely N-dealkylation sites (tertiary alicyclic amines) is 1. The lowest BCUT2D eigenvalue weighted by atomic mass is 10.2. The van der Waals surface area contributed by atoms with Crippen LogP contribution >= 0.6 is 12.6 Å². The van der Waals surface area contributed by atoms with Crippen molar-refractivity contribution < 1.29 is 9.59 Å². The Labute approximate surface area is 94.8 Å². The van der Waals surface area contributed by atoms with Gasteiger partial charge >= 0.3 is 0 Å². The van der Waals surface area contributed by atoms with Crippen LogP contribution in [-0.4, -0.2) is 48.1 Å². The molecule has 0 aromatic carbocycles. The van der Waals surface area contributed by atoms with Gasteiger partial charge in [-0.1, -0.05) is 0 Å². The zero-order valence-electron chi connectivity index (χ0n) is 8.77. The fourth-order valence-corrected chi connectivity index (χ4v) is 1.91. The molecule has 0 spiro atoms. The van der Waals surface area contributed by atoms with Crippen LogP contribution in [0.25, 0.3) is 0 Å². The Bertz CT molecular complexity index is 260. The van der Waals surface area contributed by atoms with E-state index in [0.717, 1.165) is 12.8 Å². The Morgan fingerprint density at radius 3 is 2.87 bits per heavy atom. The zero-order chi connectivity index (χ0) is 11.4. The highest BCUT2D eigenvalue weighted by molar-refractivity contribution is 7.81. The SMILES string of the molecule is CNC(=O)C1CCCN1C(=O)C(S)CN. The standard InChI is InChI=1S/C9H17N3O2S/c1-11-8(13)6-3-2-4-12(6)9(14)7(15)5-10/h6-7,15H,2-5,10H2,1H3,(H,11,13). The van der Waals surface area contributed by atoms with Gasteiger partial charge in [0.2, 0.25) is 11.8 Å². The molecule has 0 aliphatic carbocycles. The Balaban J connectivity index is 2.68. The fraction of sp³-hybridized carbons (Fsp3) is 0.778. The minimum atomic E-state index is -0.504. The molecule has 2 atom stereocenters. The molecule has 0 aromatic heterocycles. The summed E-state index contributed by atoms with van der Waals surface area (Å²) in [6, 6.07) is -0.344. The summed E-state index contributed by atoms with van der Waals surface area (Å²) < 4.78 is 0. The van der Waals surface area contributed by atoms with Crippen molar-refractivity contribution in [1.82, 2.24) is 10.2 Å². The van der Waals surface area contributed by atoms with E-state index in [1.807, 2.05) is 0 Å². The maximum Gasteiger partial charge on any atom is 0.242 e. The van der Waals surface area contributed by atoms with E-state index >= 15 is 0 Å². The molecular formula is C9H17N3O2S. The molecule has 1 saturated heterocycles. The minimum Gasteiger partial charge on any atom is -0.357 e. The smallest absolute Gasteiger partial charge is 0.242 e. The van der Waals surface area contributed by atoms with Gasteiger partial charge in [0.15, 0.2) is 0 Å². The first-order valence-electron chi connectivity index (χ1n) is 5.02. The molecule has 1 fully saturated rings. The van der Waals surface area contributed by atoms with E-state index in [1.165, 1.54) is 0 Å². The molecule has 1 rings (SSSR count). The minimum absolute atomic E-state index is 0.113. The van der Waals surface area contributed by atoms with E-state index in [9.17, 15) is 9.59 Å². The van der Waals surface area contributed by atoms with Crippen molar-refractivity contribution in [3.63, 3.8) is 0 Å². The number of nitrogens with one attached hydrogen (secondary N) is 1. The van der Waals surface area contributed by atoms with Gasteiger partial charge in [0.05, 0.1) is 5.25 Å².